The van der Waals surface area contributed by atoms with Crippen LogP contribution in [0.1, 0.15) is 11.3 Å². The van der Waals surface area contributed by atoms with E-state index in [0.717, 1.165) is 39.4 Å². The molecule has 3 aromatic heterocycles. The molecule has 0 aliphatic heterocycles. The van der Waals surface area contributed by atoms with Crippen molar-refractivity contribution in [3.8, 4) is 11.5 Å². The minimum atomic E-state index is 0.611. The second-order valence-electron chi connectivity index (χ2n) is 5.68. The molecule has 0 spiro atoms. The average Bonchev–Trinajstić information content (AvgIpc) is 3.02. The number of hydrogen-bond acceptors (Lipinski definition) is 5. The number of nitrogens with zero attached hydrogens (tertiary/aromatic N) is 4. The van der Waals surface area contributed by atoms with Crippen LogP contribution in [0, 0.1) is 13.8 Å². The number of aromatic nitrogens is 5. The van der Waals surface area contributed by atoms with E-state index in [4.69, 9.17) is 0 Å². The number of pyridine rings is 1. The second-order valence-corrected chi connectivity index (χ2v) is 5.68. The highest BCUT2D eigenvalue weighted by Gasteiger charge is 2.08. The molecule has 24 heavy (non-hydrogen) atoms. The van der Waals surface area contributed by atoms with E-state index in [2.05, 4.69) is 49.5 Å². The first kappa shape index (κ1) is 14.3. The van der Waals surface area contributed by atoms with Crippen LogP contribution in [0.25, 0.3) is 22.4 Å². The summed E-state index contributed by atoms with van der Waals surface area (Å²) < 4.78 is 0. The zero-order chi connectivity index (χ0) is 16.5. The van der Waals surface area contributed by atoms with Crippen LogP contribution in [0.4, 0.5) is 11.5 Å². The van der Waals surface area contributed by atoms with Gasteiger partial charge in [0, 0.05) is 29.0 Å². The fraction of sp³-hybridized carbons (Fsp3) is 0.111. The number of nitrogens with one attached hydrogen (secondary N) is 2. The second kappa shape index (κ2) is 5.73. The molecule has 2 N–H and O–H groups in total. The van der Waals surface area contributed by atoms with E-state index >= 15 is 0 Å². The Balaban J connectivity index is 1.73. The van der Waals surface area contributed by atoms with Crippen LogP contribution in [0.3, 0.4) is 0 Å². The summed E-state index contributed by atoms with van der Waals surface area (Å²) in [6.45, 7) is 4.00. The standard InChI is InChI=1S/C18H16N6/c1-11-7-16-13(10-20-24-16)9-15(11)22-17-8-12(2)21-18(23-17)14-5-3-4-6-19-14/h3-10H,1-2H3,(H,20,24)(H,21,22,23). The summed E-state index contributed by atoms with van der Waals surface area (Å²) in [5.41, 5.74) is 4.77. The van der Waals surface area contributed by atoms with Crippen LogP contribution in [0.2, 0.25) is 0 Å². The molecule has 0 aliphatic rings. The van der Waals surface area contributed by atoms with Gasteiger partial charge >= 0.3 is 0 Å². The van der Waals surface area contributed by atoms with E-state index in [-0.39, 0.29) is 0 Å². The number of benzene rings is 1. The Bertz CT molecular complexity index is 1010. The molecule has 118 valence electrons. The quantitative estimate of drug-likeness (QED) is 0.601. The summed E-state index contributed by atoms with van der Waals surface area (Å²) in [6, 6.07) is 11.8. The number of aryl methyl sites for hydroxylation is 2. The van der Waals surface area contributed by atoms with Gasteiger partial charge in [0.15, 0.2) is 5.82 Å². The Kier molecular flexibility index (Phi) is 3.42. The Morgan fingerprint density at radius 1 is 1.04 bits per heavy atom. The van der Waals surface area contributed by atoms with Crippen molar-refractivity contribution in [1.29, 1.82) is 0 Å². The molecule has 0 bridgehead atoms. The van der Waals surface area contributed by atoms with E-state index in [9.17, 15) is 0 Å². The Labute approximate surface area is 139 Å². The predicted octanol–water partition coefficient (Wildman–Crippen LogP) is 3.78. The Morgan fingerprint density at radius 3 is 2.79 bits per heavy atom. The van der Waals surface area contributed by atoms with Gasteiger partial charge in [-0.2, -0.15) is 5.10 Å². The van der Waals surface area contributed by atoms with Gasteiger partial charge in [0.05, 0.1) is 11.7 Å². The SMILES string of the molecule is Cc1cc(Nc2cc3cn[nH]c3cc2C)nc(-c2ccccn2)n1. The van der Waals surface area contributed by atoms with Gasteiger partial charge in [-0.25, -0.2) is 9.97 Å². The third-order valence-corrected chi connectivity index (χ3v) is 3.80. The van der Waals surface area contributed by atoms with Crippen LogP contribution in [0.15, 0.2) is 48.8 Å². The first-order valence-electron chi connectivity index (χ1n) is 7.67. The van der Waals surface area contributed by atoms with Crippen LogP contribution in [-0.2, 0) is 0 Å². The van der Waals surface area contributed by atoms with E-state index in [1.807, 2.05) is 37.4 Å². The topological polar surface area (TPSA) is 79.4 Å². The van der Waals surface area contributed by atoms with E-state index in [0.29, 0.717) is 5.82 Å². The molecule has 6 heteroatoms. The highest BCUT2D eigenvalue weighted by atomic mass is 15.1. The van der Waals surface area contributed by atoms with Gasteiger partial charge in [0.25, 0.3) is 0 Å². The van der Waals surface area contributed by atoms with E-state index < -0.39 is 0 Å². The van der Waals surface area contributed by atoms with Gasteiger partial charge in [-0.3, -0.25) is 10.1 Å². The number of aromatic amines is 1. The lowest BCUT2D eigenvalue weighted by Gasteiger charge is -2.11. The van der Waals surface area contributed by atoms with Gasteiger partial charge in [0.1, 0.15) is 11.5 Å². The number of fused-ring (bicyclic) bond motifs is 1. The minimum absolute atomic E-state index is 0.611. The molecule has 1 aromatic carbocycles. The molecule has 0 atom stereocenters. The van der Waals surface area contributed by atoms with Crippen LogP contribution < -0.4 is 5.32 Å². The van der Waals surface area contributed by atoms with Crippen molar-refractivity contribution in [1.82, 2.24) is 25.1 Å². The number of rotatable bonds is 3. The van der Waals surface area contributed by atoms with Crippen molar-refractivity contribution >= 4 is 22.4 Å². The highest BCUT2D eigenvalue weighted by Crippen LogP contribution is 2.25. The summed E-state index contributed by atoms with van der Waals surface area (Å²) in [7, 11) is 0. The first-order chi connectivity index (χ1) is 11.7. The van der Waals surface area contributed by atoms with Crippen LogP contribution >= 0.6 is 0 Å². The summed E-state index contributed by atoms with van der Waals surface area (Å²) >= 11 is 0. The van der Waals surface area contributed by atoms with Crippen molar-refractivity contribution in [3.05, 3.63) is 60.0 Å². The van der Waals surface area contributed by atoms with Crippen molar-refractivity contribution in [3.63, 3.8) is 0 Å². The smallest absolute Gasteiger partial charge is 0.180 e. The lowest BCUT2D eigenvalue weighted by molar-refractivity contribution is 1.09. The maximum Gasteiger partial charge on any atom is 0.180 e. The first-order valence-corrected chi connectivity index (χ1v) is 7.67. The molecule has 4 aromatic rings. The molecule has 3 heterocycles. The molecule has 0 saturated heterocycles. The minimum Gasteiger partial charge on any atom is -0.340 e. The van der Waals surface area contributed by atoms with Gasteiger partial charge in [-0.1, -0.05) is 6.07 Å². The summed E-state index contributed by atoms with van der Waals surface area (Å²) in [6.07, 6.45) is 3.55. The summed E-state index contributed by atoms with van der Waals surface area (Å²) in [4.78, 5) is 13.4. The molecule has 0 fully saturated rings. The maximum absolute atomic E-state index is 4.60. The van der Waals surface area contributed by atoms with E-state index in [1.165, 1.54) is 0 Å². The normalized spacial score (nSPS) is 10.9. The lowest BCUT2D eigenvalue weighted by atomic mass is 10.1. The number of hydrogen-bond donors (Lipinski definition) is 2. The molecule has 0 aliphatic carbocycles. The van der Waals surface area contributed by atoms with Crippen molar-refractivity contribution < 1.29 is 0 Å². The van der Waals surface area contributed by atoms with Crippen molar-refractivity contribution in [2.24, 2.45) is 0 Å². The average molecular weight is 316 g/mol. The molecule has 0 unspecified atom stereocenters. The maximum atomic E-state index is 4.60. The van der Waals surface area contributed by atoms with Crippen molar-refractivity contribution in [2.75, 3.05) is 5.32 Å². The fourth-order valence-electron chi connectivity index (χ4n) is 2.61. The third-order valence-electron chi connectivity index (χ3n) is 3.80. The fourth-order valence-corrected chi connectivity index (χ4v) is 2.61. The molecule has 0 amide bonds. The van der Waals surface area contributed by atoms with Gasteiger partial charge in [-0.05, 0) is 43.7 Å². The Hall–Kier alpha value is -3.28. The monoisotopic (exact) mass is 316 g/mol. The number of anilines is 2. The Morgan fingerprint density at radius 2 is 1.96 bits per heavy atom. The van der Waals surface area contributed by atoms with Crippen LogP contribution in [0.5, 0.6) is 0 Å². The molecule has 4 rings (SSSR count). The highest BCUT2D eigenvalue weighted by molar-refractivity contribution is 5.84. The van der Waals surface area contributed by atoms with Gasteiger partial charge < -0.3 is 5.32 Å². The van der Waals surface area contributed by atoms with Crippen LogP contribution in [-0.4, -0.2) is 25.1 Å². The molecule has 0 saturated carbocycles. The van der Waals surface area contributed by atoms with Gasteiger partial charge in [0.2, 0.25) is 0 Å². The summed E-state index contributed by atoms with van der Waals surface area (Å²) in [5.74, 6) is 1.36. The zero-order valence-corrected chi connectivity index (χ0v) is 13.4. The predicted molar refractivity (Wildman–Crippen MR) is 94.1 cm³/mol. The largest absolute Gasteiger partial charge is 0.340 e. The lowest BCUT2D eigenvalue weighted by Crippen LogP contribution is -2.01. The molecular weight excluding hydrogens is 300 g/mol. The van der Waals surface area contributed by atoms with E-state index in [1.54, 1.807) is 6.20 Å². The molecule has 0 radical (unpaired) electrons. The summed E-state index contributed by atoms with van der Waals surface area (Å²) in [5, 5.41) is 11.5. The zero-order valence-electron chi connectivity index (χ0n) is 13.4. The van der Waals surface area contributed by atoms with Crippen molar-refractivity contribution in [2.45, 2.75) is 13.8 Å². The molecule has 6 nitrogen and oxygen atoms in total. The third kappa shape index (κ3) is 2.69. The molecular formula is C18H16N6. The van der Waals surface area contributed by atoms with Gasteiger partial charge in [-0.15, -0.1) is 0 Å². The number of H-pyrrole nitrogens is 1.